The first-order valence-corrected chi connectivity index (χ1v) is 11.1. The Morgan fingerprint density at radius 1 is 1.07 bits per heavy atom. The lowest BCUT2D eigenvalue weighted by atomic mass is 9.97. The Kier molecular flexibility index (Phi) is 6.63. The molecule has 1 aromatic carbocycles. The first kappa shape index (κ1) is 21.4. The van der Waals surface area contributed by atoms with E-state index in [9.17, 15) is 27.2 Å². The molecule has 2 aliphatic heterocycles. The third kappa shape index (κ3) is 4.99. The van der Waals surface area contributed by atoms with Crippen LogP contribution in [-0.4, -0.2) is 61.5 Å². The fraction of sp³-hybridized carbons (Fsp3) is 0.526. The summed E-state index contributed by atoms with van der Waals surface area (Å²) in [5.41, 5.74) is 0. The molecule has 1 N–H and O–H groups in total. The summed E-state index contributed by atoms with van der Waals surface area (Å²) in [7, 11) is -3.70. The van der Waals surface area contributed by atoms with Crippen LogP contribution in [0, 0.1) is 11.7 Å². The zero-order chi connectivity index (χ0) is 21.0. The number of imide groups is 1. The number of nitrogens with zero attached hydrogens (tertiary/aromatic N) is 2. The molecule has 29 heavy (non-hydrogen) atoms. The highest BCUT2D eigenvalue weighted by atomic mass is 32.2. The number of benzene rings is 1. The van der Waals surface area contributed by atoms with Crippen molar-refractivity contribution in [2.75, 3.05) is 26.2 Å². The van der Waals surface area contributed by atoms with E-state index in [-0.39, 0.29) is 54.5 Å². The lowest BCUT2D eigenvalue weighted by molar-refractivity contribution is -0.138. The zero-order valence-electron chi connectivity index (χ0n) is 16.0. The number of amides is 3. The predicted molar refractivity (Wildman–Crippen MR) is 101 cm³/mol. The predicted octanol–water partition coefficient (Wildman–Crippen LogP) is 0.882. The molecule has 2 saturated heterocycles. The topological polar surface area (TPSA) is 104 Å². The minimum Gasteiger partial charge on any atom is -0.356 e. The molecule has 2 heterocycles. The largest absolute Gasteiger partial charge is 0.356 e. The van der Waals surface area contributed by atoms with E-state index in [4.69, 9.17) is 0 Å². The summed E-state index contributed by atoms with van der Waals surface area (Å²) in [6.45, 7) is 1.08. The molecular weight excluding hydrogens is 401 g/mol. The number of piperidine rings is 1. The average Bonchev–Trinajstić information content (AvgIpc) is 3.03. The van der Waals surface area contributed by atoms with Gasteiger partial charge in [-0.1, -0.05) is 0 Å². The van der Waals surface area contributed by atoms with Crippen LogP contribution in [0.15, 0.2) is 29.2 Å². The Hall–Kier alpha value is -2.33. The van der Waals surface area contributed by atoms with Crippen molar-refractivity contribution in [2.45, 2.75) is 37.0 Å². The van der Waals surface area contributed by atoms with Gasteiger partial charge in [0.25, 0.3) is 0 Å². The van der Waals surface area contributed by atoms with Gasteiger partial charge in [-0.3, -0.25) is 19.3 Å². The number of likely N-dealkylation sites (tertiary alicyclic amines) is 1. The molecule has 2 aliphatic rings. The van der Waals surface area contributed by atoms with Crippen LogP contribution in [0.2, 0.25) is 0 Å². The number of sulfonamides is 1. The molecule has 0 spiro atoms. The van der Waals surface area contributed by atoms with E-state index in [1.165, 1.54) is 21.3 Å². The number of rotatable bonds is 7. The third-order valence-electron chi connectivity index (χ3n) is 5.29. The van der Waals surface area contributed by atoms with Crippen molar-refractivity contribution < 1.29 is 27.2 Å². The Morgan fingerprint density at radius 2 is 1.66 bits per heavy atom. The number of carbonyl (C=O) groups is 3. The first-order chi connectivity index (χ1) is 13.8. The lowest BCUT2D eigenvalue weighted by Crippen LogP contribution is -2.43. The van der Waals surface area contributed by atoms with Crippen LogP contribution in [0.5, 0.6) is 0 Å². The molecule has 158 valence electrons. The third-order valence-corrected chi connectivity index (χ3v) is 7.20. The van der Waals surface area contributed by atoms with E-state index in [0.717, 1.165) is 12.1 Å². The van der Waals surface area contributed by atoms with Gasteiger partial charge in [-0.25, -0.2) is 12.8 Å². The van der Waals surface area contributed by atoms with Crippen LogP contribution in [0.1, 0.15) is 32.1 Å². The van der Waals surface area contributed by atoms with Crippen molar-refractivity contribution in [3.05, 3.63) is 30.1 Å². The number of hydrogen-bond acceptors (Lipinski definition) is 5. The molecule has 1 aromatic rings. The molecule has 0 aromatic heterocycles. The highest BCUT2D eigenvalue weighted by Crippen LogP contribution is 2.24. The van der Waals surface area contributed by atoms with Gasteiger partial charge in [-0.05, 0) is 43.5 Å². The Labute approximate surface area is 169 Å². The van der Waals surface area contributed by atoms with E-state index in [2.05, 4.69) is 5.32 Å². The van der Waals surface area contributed by atoms with Gasteiger partial charge in [0.2, 0.25) is 27.7 Å². The maximum absolute atomic E-state index is 13.0. The molecule has 10 heteroatoms. The molecule has 0 saturated carbocycles. The van der Waals surface area contributed by atoms with E-state index in [1.807, 2.05) is 0 Å². The molecule has 0 bridgehead atoms. The van der Waals surface area contributed by atoms with E-state index in [0.29, 0.717) is 32.4 Å². The Morgan fingerprint density at radius 3 is 2.24 bits per heavy atom. The number of hydrogen-bond donors (Lipinski definition) is 1. The lowest BCUT2D eigenvalue weighted by Gasteiger charge is -2.30. The zero-order valence-corrected chi connectivity index (χ0v) is 16.8. The Bertz CT molecular complexity index is 864. The van der Waals surface area contributed by atoms with Crippen LogP contribution in [0.3, 0.4) is 0 Å². The fourth-order valence-electron chi connectivity index (χ4n) is 3.58. The van der Waals surface area contributed by atoms with Gasteiger partial charge in [-0.15, -0.1) is 0 Å². The van der Waals surface area contributed by atoms with Gasteiger partial charge in [0, 0.05) is 44.9 Å². The second kappa shape index (κ2) is 9.00. The second-order valence-electron chi connectivity index (χ2n) is 7.22. The molecule has 2 fully saturated rings. The summed E-state index contributed by atoms with van der Waals surface area (Å²) < 4.78 is 39.6. The molecule has 0 radical (unpaired) electrons. The van der Waals surface area contributed by atoms with Crippen molar-refractivity contribution in [1.29, 1.82) is 0 Å². The molecule has 3 amide bonds. The van der Waals surface area contributed by atoms with Crippen LogP contribution in [0.4, 0.5) is 4.39 Å². The smallest absolute Gasteiger partial charge is 0.243 e. The van der Waals surface area contributed by atoms with E-state index < -0.39 is 15.8 Å². The number of halogens is 1. The Balaban J connectivity index is 1.43. The second-order valence-corrected chi connectivity index (χ2v) is 9.15. The van der Waals surface area contributed by atoms with Crippen molar-refractivity contribution >= 4 is 27.7 Å². The summed E-state index contributed by atoms with van der Waals surface area (Å²) in [6, 6.07) is 4.69. The van der Waals surface area contributed by atoms with Gasteiger partial charge in [0.1, 0.15) is 5.82 Å². The minimum atomic E-state index is -3.70. The van der Waals surface area contributed by atoms with Gasteiger partial charge >= 0.3 is 0 Å². The summed E-state index contributed by atoms with van der Waals surface area (Å²) >= 11 is 0. The van der Waals surface area contributed by atoms with Gasteiger partial charge in [-0.2, -0.15) is 4.31 Å². The highest BCUT2D eigenvalue weighted by Gasteiger charge is 2.32. The van der Waals surface area contributed by atoms with Crippen LogP contribution in [0.25, 0.3) is 0 Å². The van der Waals surface area contributed by atoms with Gasteiger partial charge in [0.05, 0.1) is 4.90 Å². The maximum atomic E-state index is 13.0. The van der Waals surface area contributed by atoms with Crippen LogP contribution in [-0.2, 0) is 24.4 Å². The number of carbonyl (C=O) groups excluding carboxylic acids is 3. The summed E-state index contributed by atoms with van der Waals surface area (Å²) in [5.74, 6) is -1.28. The van der Waals surface area contributed by atoms with E-state index >= 15 is 0 Å². The molecule has 8 nitrogen and oxygen atoms in total. The number of nitrogens with one attached hydrogen (secondary N) is 1. The monoisotopic (exact) mass is 425 g/mol. The summed E-state index contributed by atoms with van der Waals surface area (Å²) in [6.07, 6.45) is 1.79. The van der Waals surface area contributed by atoms with Crippen molar-refractivity contribution in [2.24, 2.45) is 5.92 Å². The van der Waals surface area contributed by atoms with Gasteiger partial charge < -0.3 is 5.32 Å². The summed E-state index contributed by atoms with van der Waals surface area (Å²) in [5, 5.41) is 2.80. The van der Waals surface area contributed by atoms with Crippen LogP contribution >= 0.6 is 0 Å². The maximum Gasteiger partial charge on any atom is 0.243 e. The molecule has 3 rings (SSSR count). The average molecular weight is 425 g/mol. The van der Waals surface area contributed by atoms with Crippen molar-refractivity contribution in [3.8, 4) is 0 Å². The minimum absolute atomic E-state index is 0.0350. The first-order valence-electron chi connectivity index (χ1n) is 9.65. The summed E-state index contributed by atoms with van der Waals surface area (Å²) in [4.78, 5) is 36.7. The molecule has 0 atom stereocenters. The van der Waals surface area contributed by atoms with Crippen LogP contribution < -0.4 is 5.32 Å². The molecule has 0 unspecified atom stereocenters. The molecule has 0 aliphatic carbocycles. The van der Waals surface area contributed by atoms with Crippen molar-refractivity contribution in [1.82, 2.24) is 14.5 Å². The molecular formula is C19H24FN3O5S. The van der Waals surface area contributed by atoms with E-state index in [1.54, 1.807) is 0 Å². The highest BCUT2D eigenvalue weighted by molar-refractivity contribution is 7.89. The normalized spacial score (nSPS) is 19.0. The fourth-order valence-corrected chi connectivity index (χ4v) is 5.05. The standard InChI is InChI=1S/C19H24FN3O5S/c20-15-2-4-16(5-3-15)29(27,28)22-12-8-14(9-13-22)19(26)21-10-1-11-23-17(24)6-7-18(23)25/h2-5,14H,1,6-13H2,(H,21,26). The SMILES string of the molecule is O=C(NCCCN1C(=O)CCC1=O)C1CCN(S(=O)(=O)c2ccc(F)cc2)CC1. The van der Waals surface area contributed by atoms with Gasteiger partial charge in [0.15, 0.2) is 0 Å². The van der Waals surface area contributed by atoms with Crippen molar-refractivity contribution in [3.63, 3.8) is 0 Å². The quantitative estimate of drug-likeness (QED) is 0.516.